The molecule has 29 heavy (non-hydrogen) atoms. The minimum absolute atomic E-state index is 0.212. The molecule has 3 rings (SSSR count). The Balaban J connectivity index is 1.84. The van der Waals surface area contributed by atoms with Crippen LogP contribution in [0.3, 0.4) is 0 Å². The molecule has 1 amide bonds. The Bertz CT molecular complexity index is 1100. The number of aryl methyl sites for hydroxylation is 1. The molecule has 0 atom stereocenters. The van der Waals surface area contributed by atoms with Crippen molar-refractivity contribution in [3.63, 3.8) is 0 Å². The second-order valence-electron chi connectivity index (χ2n) is 6.42. The maximum Gasteiger partial charge on any atom is 0.337 e. The van der Waals surface area contributed by atoms with Crippen LogP contribution in [0.4, 0.5) is 0 Å². The van der Waals surface area contributed by atoms with Crippen molar-refractivity contribution in [1.82, 2.24) is 9.99 Å². The van der Waals surface area contributed by atoms with E-state index in [1.54, 1.807) is 54.7 Å². The predicted molar refractivity (Wildman–Crippen MR) is 110 cm³/mol. The van der Waals surface area contributed by atoms with Crippen LogP contribution in [0.5, 0.6) is 5.75 Å². The zero-order chi connectivity index (χ0) is 21.0. The molecule has 7 nitrogen and oxygen atoms in total. The quantitative estimate of drug-likeness (QED) is 0.496. The Morgan fingerprint density at radius 2 is 1.86 bits per heavy atom. The average Bonchev–Trinajstić information content (AvgIpc) is 3.01. The minimum Gasteiger partial charge on any atom is -0.497 e. The van der Waals surface area contributed by atoms with Crippen molar-refractivity contribution in [2.45, 2.75) is 13.8 Å². The van der Waals surface area contributed by atoms with E-state index in [1.807, 2.05) is 24.5 Å². The lowest BCUT2D eigenvalue weighted by atomic mass is 10.1. The molecule has 1 aromatic heterocycles. The summed E-state index contributed by atoms with van der Waals surface area (Å²) < 4.78 is 6.97. The van der Waals surface area contributed by atoms with Crippen LogP contribution in [0.1, 0.15) is 37.7 Å². The Kier molecular flexibility index (Phi) is 5.78. The molecular formula is C22H21N3O4. The summed E-state index contributed by atoms with van der Waals surface area (Å²) in [6.45, 7) is 3.76. The van der Waals surface area contributed by atoms with E-state index in [1.165, 1.54) is 7.11 Å². The first-order valence-electron chi connectivity index (χ1n) is 8.91. The van der Waals surface area contributed by atoms with E-state index in [2.05, 4.69) is 10.5 Å². The SMILES string of the molecule is COc1cccc(C(=O)N/N=C\c2cc(C)n(-c3ccccc3C(=O)O)c2C)c1. The number of methoxy groups -OCH3 is 1. The number of rotatable bonds is 6. The number of nitrogens with zero attached hydrogens (tertiary/aromatic N) is 2. The fourth-order valence-corrected chi connectivity index (χ4v) is 3.13. The van der Waals surface area contributed by atoms with E-state index in [-0.39, 0.29) is 11.5 Å². The number of hydrogen-bond donors (Lipinski definition) is 2. The van der Waals surface area contributed by atoms with Gasteiger partial charge in [0, 0.05) is 22.5 Å². The Morgan fingerprint density at radius 1 is 1.10 bits per heavy atom. The molecule has 2 aromatic carbocycles. The first-order chi connectivity index (χ1) is 13.9. The van der Waals surface area contributed by atoms with E-state index >= 15 is 0 Å². The molecule has 0 radical (unpaired) electrons. The third-order valence-corrected chi connectivity index (χ3v) is 4.55. The van der Waals surface area contributed by atoms with E-state index in [0.717, 1.165) is 17.0 Å². The highest BCUT2D eigenvalue weighted by Crippen LogP contribution is 2.23. The summed E-state index contributed by atoms with van der Waals surface area (Å²) in [7, 11) is 1.54. The number of aromatic nitrogens is 1. The predicted octanol–water partition coefficient (Wildman–Crippen LogP) is 3.56. The number of ether oxygens (including phenoxy) is 1. The molecule has 0 spiro atoms. The van der Waals surface area contributed by atoms with Gasteiger partial charge in [-0.15, -0.1) is 0 Å². The smallest absolute Gasteiger partial charge is 0.337 e. The lowest BCUT2D eigenvalue weighted by Gasteiger charge is -2.12. The van der Waals surface area contributed by atoms with Crippen LogP contribution in [0, 0.1) is 13.8 Å². The van der Waals surface area contributed by atoms with Crippen molar-refractivity contribution < 1.29 is 19.4 Å². The highest BCUT2D eigenvalue weighted by molar-refractivity contribution is 5.95. The summed E-state index contributed by atoms with van der Waals surface area (Å²) in [6.07, 6.45) is 1.54. The number of nitrogens with one attached hydrogen (secondary N) is 1. The van der Waals surface area contributed by atoms with Crippen LogP contribution >= 0.6 is 0 Å². The number of aromatic carboxylic acids is 1. The van der Waals surface area contributed by atoms with Crippen LogP contribution in [0.15, 0.2) is 59.7 Å². The van der Waals surface area contributed by atoms with E-state index in [4.69, 9.17) is 4.74 Å². The van der Waals surface area contributed by atoms with Gasteiger partial charge in [-0.25, -0.2) is 10.2 Å². The molecular weight excluding hydrogens is 370 g/mol. The van der Waals surface area contributed by atoms with Crippen LogP contribution in [0.25, 0.3) is 5.69 Å². The molecule has 2 N–H and O–H groups in total. The zero-order valence-electron chi connectivity index (χ0n) is 16.3. The molecule has 0 aliphatic carbocycles. The Morgan fingerprint density at radius 3 is 2.59 bits per heavy atom. The molecule has 148 valence electrons. The van der Waals surface area contributed by atoms with Crippen LogP contribution in [-0.4, -0.2) is 34.9 Å². The van der Waals surface area contributed by atoms with E-state index < -0.39 is 5.97 Å². The van der Waals surface area contributed by atoms with Gasteiger partial charge in [-0.3, -0.25) is 4.79 Å². The van der Waals surface area contributed by atoms with Gasteiger partial charge in [0.1, 0.15) is 5.75 Å². The average molecular weight is 391 g/mol. The summed E-state index contributed by atoms with van der Waals surface area (Å²) >= 11 is 0. The van der Waals surface area contributed by atoms with Crippen LogP contribution < -0.4 is 10.2 Å². The maximum atomic E-state index is 12.3. The fourth-order valence-electron chi connectivity index (χ4n) is 3.13. The van der Waals surface area contributed by atoms with Gasteiger partial charge in [-0.2, -0.15) is 5.10 Å². The van der Waals surface area contributed by atoms with Crippen molar-refractivity contribution in [3.05, 3.63) is 82.7 Å². The molecule has 0 fully saturated rings. The number of hydrazone groups is 1. The van der Waals surface area contributed by atoms with E-state index in [0.29, 0.717) is 17.0 Å². The number of amides is 1. The number of benzene rings is 2. The molecule has 1 heterocycles. The Hall–Kier alpha value is -3.87. The number of carbonyl (C=O) groups excluding carboxylic acids is 1. The third kappa shape index (κ3) is 4.19. The minimum atomic E-state index is -0.992. The van der Waals surface area contributed by atoms with Gasteiger partial charge in [0.15, 0.2) is 0 Å². The second-order valence-corrected chi connectivity index (χ2v) is 6.42. The summed E-state index contributed by atoms with van der Waals surface area (Å²) in [6, 6.07) is 15.5. The van der Waals surface area contributed by atoms with Crippen molar-refractivity contribution in [3.8, 4) is 11.4 Å². The Labute approximate surface area is 168 Å². The molecule has 0 aliphatic heterocycles. The van der Waals surface area contributed by atoms with Crippen molar-refractivity contribution in [2.75, 3.05) is 7.11 Å². The van der Waals surface area contributed by atoms with Gasteiger partial charge in [0.2, 0.25) is 0 Å². The summed E-state index contributed by atoms with van der Waals surface area (Å²) in [5.41, 5.74) is 6.16. The van der Waals surface area contributed by atoms with Gasteiger partial charge in [-0.05, 0) is 50.2 Å². The van der Waals surface area contributed by atoms with Gasteiger partial charge < -0.3 is 14.4 Å². The lowest BCUT2D eigenvalue weighted by Crippen LogP contribution is -2.17. The van der Waals surface area contributed by atoms with Gasteiger partial charge in [0.25, 0.3) is 5.91 Å². The summed E-state index contributed by atoms with van der Waals surface area (Å²) in [5.74, 6) is -0.763. The lowest BCUT2D eigenvalue weighted by molar-refractivity contribution is 0.0696. The monoisotopic (exact) mass is 391 g/mol. The highest BCUT2D eigenvalue weighted by atomic mass is 16.5. The second kappa shape index (κ2) is 8.43. The number of para-hydroxylation sites is 1. The molecule has 0 unspecified atom stereocenters. The first-order valence-corrected chi connectivity index (χ1v) is 8.91. The molecule has 0 bridgehead atoms. The molecule has 3 aromatic rings. The maximum absolute atomic E-state index is 12.3. The highest BCUT2D eigenvalue weighted by Gasteiger charge is 2.16. The van der Waals surface area contributed by atoms with Gasteiger partial charge >= 0.3 is 5.97 Å². The zero-order valence-corrected chi connectivity index (χ0v) is 16.3. The number of carboxylic acids is 1. The number of carboxylic acid groups (broad SMARTS) is 1. The van der Waals surface area contributed by atoms with Crippen molar-refractivity contribution >= 4 is 18.1 Å². The van der Waals surface area contributed by atoms with Gasteiger partial charge in [0.05, 0.1) is 24.6 Å². The van der Waals surface area contributed by atoms with Crippen molar-refractivity contribution in [2.24, 2.45) is 5.10 Å². The first kappa shape index (κ1) is 19.9. The van der Waals surface area contributed by atoms with Crippen LogP contribution in [0.2, 0.25) is 0 Å². The molecule has 0 saturated carbocycles. The van der Waals surface area contributed by atoms with Crippen LogP contribution in [-0.2, 0) is 0 Å². The molecule has 7 heteroatoms. The van der Waals surface area contributed by atoms with Crippen molar-refractivity contribution in [1.29, 1.82) is 0 Å². The molecule has 0 aliphatic rings. The largest absolute Gasteiger partial charge is 0.497 e. The third-order valence-electron chi connectivity index (χ3n) is 4.55. The summed E-state index contributed by atoms with van der Waals surface area (Å²) in [4.78, 5) is 23.8. The number of carbonyl (C=O) groups is 2. The molecule has 0 saturated heterocycles. The standard InChI is InChI=1S/C22H21N3O4/c1-14-11-17(13-23-24-21(26)16-7-6-8-18(12-16)29-3)15(2)25(14)20-10-5-4-9-19(20)22(27)28/h4-13H,1-3H3,(H,24,26)(H,27,28)/b23-13-. The summed E-state index contributed by atoms with van der Waals surface area (Å²) in [5, 5.41) is 13.5. The fraction of sp³-hybridized carbons (Fsp3) is 0.136. The van der Waals surface area contributed by atoms with Gasteiger partial charge in [-0.1, -0.05) is 18.2 Å². The topological polar surface area (TPSA) is 92.9 Å². The van der Waals surface area contributed by atoms with E-state index in [9.17, 15) is 14.7 Å². The normalized spacial score (nSPS) is 10.9. The number of hydrogen-bond acceptors (Lipinski definition) is 4.